The molecule has 0 aliphatic heterocycles. The number of fused-ring (bicyclic) bond motifs is 2. The Hall–Kier alpha value is -7.34. The molecular formula is C54H50O12. The monoisotopic (exact) mass is 890 g/mol. The predicted octanol–water partition coefficient (Wildman–Crippen LogP) is 10.4. The van der Waals surface area contributed by atoms with Crippen LogP contribution >= 0.6 is 0 Å². The lowest BCUT2D eigenvalue weighted by Crippen LogP contribution is -2.49. The smallest absolute Gasteiger partial charge is 0.343 e. The van der Waals surface area contributed by atoms with E-state index in [0.29, 0.717) is 29.6 Å². The van der Waals surface area contributed by atoms with E-state index in [9.17, 15) is 28.8 Å². The van der Waals surface area contributed by atoms with Gasteiger partial charge in [0.05, 0.1) is 22.3 Å². The van der Waals surface area contributed by atoms with Gasteiger partial charge in [-0.3, -0.25) is 0 Å². The van der Waals surface area contributed by atoms with Crippen molar-refractivity contribution in [2.24, 2.45) is 35.5 Å². The summed E-state index contributed by atoms with van der Waals surface area (Å²) in [5.74, 6) is -0.838. The van der Waals surface area contributed by atoms with Gasteiger partial charge < -0.3 is 28.4 Å². The SMILES string of the molecule is C=CC(=O)Oc1ccc(C(=O)Oc2ccc(C(=O)OC3=CCC4CCCC[C@H]4C3[C@H]3C4CC=CC[C@H]4CC[C@H]3OC(=O)c3ccc(OC(=O)c4ccc(OC(=O)C=C)cc4)cc3)cc2)cc1. The van der Waals surface area contributed by atoms with Crippen molar-refractivity contribution in [1.82, 2.24) is 0 Å². The van der Waals surface area contributed by atoms with Crippen molar-refractivity contribution in [2.75, 3.05) is 0 Å². The highest BCUT2D eigenvalue weighted by Gasteiger charge is 2.51. The Labute approximate surface area is 382 Å². The standard InChI is InChI=1S/C54H50O12/c1-3-47(55)61-39-23-13-35(14-24-39)51(57)63-41-27-17-37(18-28-41)53(59)65-45-31-21-33-9-5-7-11-43(33)49(45)50-44-12-8-6-10-34(44)22-32-46(50)66-54(60)38-19-29-42(30-20-38)64-52(58)36-15-25-40(26-16-36)62-48(56)4-2/h3-5,7,13-20,23-30,32-34,43-45,49-50H,1-2,6,8-12,21-22,31H2/t33-,34?,43?,44+,45+,49-,50?/m0/s1. The molecule has 0 amide bonds. The molecule has 4 aliphatic rings. The molecule has 0 spiro atoms. The first-order chi connectivity index (χ1) is 32.1. The molecule has 4 aromatic carbocycles. The molecule has 0 N–H and O–H groups in total. The minimum absolute atomic E-state index is 0.0978. The first-order valence-electron chi connectivity index (χ1n) is 22.4. The topological polar surface area (TPSA) is 158 Å². The quantitative estimate of drug-likeness (QED) is 0.0542. The van der Waals surface area contributed by atoms with E-state index in [1.165, 1.54) is 60.7 Å². The van der Waals surface area contributed by atoms with E-state index in [0.717, 1.165) is 63.5 Å². The fourth-order valence-electron chi connectivity index (χ4n) is 10.0. The van der Waals surface area contributed by atoms with Crippen molar-refractivity contribution >= 4 is 35.8 Å². The summed E-state index contributed by atoms with van der Waals surface area (Å²) in [6, 6.07) is 24.3. The number of ether oxygens (including phenoxy) is 6. The van der Waals surface area contributed by atoms with E-state index >= 15 is 0 Å². The Morgan fingerprint density at radius 1 is 0.455 bits per heavy atom. The minimum atomic E-state index is -0.628. The number of carbonyl (C=O) groups is 6. The number of hydrogen-bond donors (Lipinski definition) is 0. The molecule has 66 heavy (non-hydrogen) atoms. The molecule has 8 rings (SSSR count). The van der Waals surface area contributed by atoms with Gasteiger partial charge in [-0.2, -0.15) is 0 Å². The molecule has 4 aliphatic carbocycles. The van der Waals surface area contributed by atoms with E-state index in [1.54, 1.807) is 36.4 Å². The molecule has 3 unspecified atom stereocenters. The van der Waals surface area contributed by atoms with Gasteiger partial charge in [-0.25, -0.2) is 28.8 Å². The zero-order valence-electron chi connectivity index (χ0n) is 36.3. The highest BCUT2D eigenvalue weighted by Crippen LogP contribution is 2.55. The van der Waals surface area contributed by atoms with E-state index in [4.69, 9.17) is 28.4 Å². The van der Waals surface area contributed by atoms with E-state index in [1.807, 2.05) is 0 Å². The zero-order chi connectivity index (χ0) is 46.2. The highest BCUT2D eigenvalue weighted by molar-refractivity contribution is 5.93. The van der Waals surface area contributed by atoms with Crippen LogP contribution in [-0.4, -0.2) is 41.9 Å². The summed E-state index contributed by atoms with van der Waals surface area (Å²) in [6.45, 7) is 6.74. The zero-order valence-corrected chi connectivity index (χ0v) is 36.3. The Balaban J connectivity index is 0.961. The van der Waals surface area contributed by atoms with Crippen LogP contribution in [-0.2, 0) is 19.1 Å². The third-order valence-corrected chi connectivity index (χ3v) is 13.2. The summed E-state index contributed by atoms with van der Waals surface area (Å²) in [6.07, 6.45) is 16.7. The predicted molar refractivity (Wildman–Crippen MR) is 242 cm³/mol. The summed E-state index contributed by atoms with van der Waals surface area (Å²) in [7, 11) is 0. The van der Waals surface area contributed by atoms with Gasteiger partial charge >= 0.3 is 35.8 Å². The normalized spacial score (nSPS) is 23.0. The average Bonchev–Trinajstić information content (AvgIpc) is 3.34. The summed E-state index contributed by atoms with van der Waals surface area (Å²) in [5.41, 5.74) is 1.08. The first-order valence-corrected chi connectivity index (χ1v) is 22.4. The van der Waals surface area contributed by atoms with E-state index < -0.39 is 41.9 Å². The third-order valence-electron chi connectivity index (χ3n) is 13.2. The molecule has 338 valence electrons. The Morgan fingerprint density at radius 3 is 1.41 bits per heavy atom. The third kappa shape index (κ3) is 10.6. The van der Waals surface area contributed by atoms with Crippen LogP contribution in [0.1, 0.15) is 99.2 Å². The molecule has 2 saturated carbocycles. The summed E-state index contributed by atoms with van der Waals surface area (Å²) >= 11 is 0. The number of esters is 6. The molecule has 2 fully saturated rings. The van der Waals surface area contributed by atoms with Gasteiger partial charge in [-0.1, -0.05) is 38.2 Å². The maximum Gasteiger partial charge on any atom is 0.343 e. The summed E-state index contributed by atoms with van der Waals surface area (Å²) < 4.78 is 34.1. The molecule has 0 aromatic heterocycles. The Kier molecular flexibility index (Phi) is 14.2. The van der Waals surface area contributed by atoms with Gasteiger partial charge in [-0.05, 0) is 172 Å². The van der Waals surface area contributed by atoms with Crippen molar-refractivity contribution in [3.05, 3.63) is 169 Å². The number of rotatable bonds is 13. The molecular weight excluding hydrogens is 841 g/mol. The lowest BCUT2D eigenvalue weighted by molar-refractivity contribution is -0.129. The van der Waals surface area contributed by atoms with E-state index in [2.05, 4.69) is 31.4 Å². The fraction of sp³-hybridized carbons (Fsp3) is 0.296. The van der Waals surface area contributed by atoms with Gasteiger partial charge in [0.2, 0.25) is 0 Å². The molecule has 7 atom stereocenters. The van der Waals surface area contributed by atoms with Crippen LogP contribution in [0.25, 0.3) is 0 Å². The van der Waals surface area contributed by atoms with Gasteiger partial charge in [0.25, 0.3) is 0 Å². The van der Waals surface area contributed by atoms with Crippen LogP contribution in [0.4, 0.5) is 0 Å². The lowest BCUT2D eigenvalue weighted by Gasteiger charge is -2.52. The molecule has 4 aromatic rings. The van der Waals surface area contributed by atoms with E-state index in [-0.39, 0.29) is 63.4 Å². The van der Waals surface area contributed by atoms with Crippen LogP contribution in [0.2, 0.25) is 0 Å². The maximum absolute atomic E-state index is 14.0. The van der Waals surface area contributed by atoms with Gasteiger partial charge in [0, 0.05) is 24.0 Å². The lowest BCUT2D eigenvalue weighted by atomic mass is 9.55. The second-order valence-corrected chi connectivity index (χ2v) is 17.1. The second kappa shape index (κ2) is 20.7. The molecule has 0 radical (unpaired) electrons. The molecule has 12 heteroatoms. The Bertz CT molecular complexity index is 2540. The van der Waals surface area contributed by atoms with Gasteiger partial charge in [0.15, 0.2) is 0 Å². The second-order valence-electron chi connectivity index (χ2n) is 17.1. The molecule has 0 saturated heterocycles. The largest absolute Gasteiger partial charge is 0.458 e. The van der Waals surface area contributed by atoms with Crippen molar-refractivity contribution in [1.29, 1.82) is 0 Å². The molecule has 0 heterocycles. The van der Waals surface area contributed by atoms with Gasteiger partial charge in [0.1, 0.15) is 34.9 Å². The number of carbonyl (C=O) groups excluding carboxylic acids is 6. The summed E-state index contributed by atoms with van der Waals surface area (Å²) in [4.78, 5) is 76.8. The fourth-order valence-corrected chi connectivity index (χ4v) is 10.0. The maximum atomic E-state index is 14.0. The van der Waals surface area contributed by atoms with Crippen molar-refractivity contribution in [3.63, 3.8) is 0 Å². The van der Waals surface area contributed by atoms with Crippen molar-refractivity contribution in [3.8, 4) is 23.0 Å². The number of benzene rings is 4. The van der Waals surface area contributed by atoms with Crippen LogP contribution in [0.15, 0.2) is 146 Å². The van der Waals surface area contributed by atoms with Crippen molar-refractivity contribution in [2.45, 2.75) is 63.9 Å². The van der Waals surface area contributed by atoms with Crippen LogP contribution < -0.4 is 18.9 Å². The number of hydrogen-bond acceptors (Lipinski definition) is 12. The highest BCUT2D eigenvalue weighted by atomic mass is 16.6. The summed E-state index contributed by atoms with van der Waals surface area (Å²) in [5, 5.41) is 0. The van der Waals surface area contributed by atoms with Crippen LogP contribution in [0.3, 0.4) is 0 Å². The first kappa shape index (κ1) is 45.2. The van der Waals surface area contributed by atoms with Crippen LogP contribution in [0, 0.1) is 35.5 Å². The van der Waals surface area contributed by atoms with Crippen molar-refractivity contribution < 1.29 is 57.2 Å². The molecule has 12 nitrogen and oxygen atoms in total. The number of allylic oxidation sites excluding steroid dienone is 4. The Morgan fingerprint density at radius 2 is 0.894 bits per heavy atom. The van der Waals surface area contributed by atoms with Crippen LogP contribution in [0.5, 0.6) is 23.0 Å². The average molecular weight is 891 g/mol. The molecule has 0 bridgehead atoms. The van der Waals surface area contributed by atoms with Gasteiger partial charge in [-0.15, -0.1) is 0 Å². The minimum Gasteiger partial charge on any atom is -0.458 e.